The minimum absolute atomic E-state index is 0.149. The Bertz CT molecular complexity index is 697. The molecule has 2 aromatic rings. The third-order valence-corrected chi connectivity index (χ3v) is 3.20. The maximum Gasteiger partial charge on any atom is 0.342 e. The molecule has 1 fully saturated rings. The maximum absolute atomic E-state index is 12.0. The molecule has 6 heteroatoms. The standard InChI is InChI=1S/C14H14N2O4/c1-8-6-12(17)11(16-15-8)7-20-14(18)10-4-5-19-13(10)9-2-3-9/h4-6,9H,2-3,7H2,1H3,(H,15,17). The van der Waals surface area contributed by atoms with Crippen LogP contribution < -0.4 is 5.43 Å². The summed E-state index contributed by atoms with van der Waals surface area (Å²) in [4.78, 5) is 23.6. The molecule has 2 aromatic heterocycles. The zero-order chi connectivity index (χ0) is 14.1. The minimum atomic E-state index is -0.484. The Labute approximate surface area is 114 Å². The van der Waals surface area contributed by atoms with Gasteiger partial charge in [-0.1, -0.05) is 0 Å². The van der Waals surface area contributed by atoms with Crippen molar-refractivity contribution in [1.29, 1.82) is 0 Å². The van der Waals surface area contributed by atoms with Gasteiger partial charge in [0.15, 0.2) is 0 Å². The summed E-state index contributed by atoms with van der Waals surface area (Å²) in [6, 6.07) is 3.02. The molecule has 1 saturated carbocycles. The lowest BCUT2D eigenvalue weighted by atomic mass is 10.2. The van der Waals surface area contributed by atoms with Crippen molar-refractivity contribution in [3.63, 3.8) is 0 Å². The molecule has 20 heavy (non-hydrogen) atoms. The number of furan rings is 1. The molecule has 0 saturated heterocycles. The summed E-state index contributed by atoms with van der Waals surface area (Å²) in [6.07, 6.45) is 3.56. The summed E-state index contributed by atoms with van der Waals surface area (Å²) < 4.78 is 10.4. The average Bonchev–Trinajstić information content (AvgIpc) is 3.15. The number of hydrogen-bond donors (Lipinski definition) is 1. The topological polar surface area (TPSA) is 85.2 Å². The van der Waals surface area contributed by atoms with Crippen LogP contribution in [0.3, 0.4) is 0 Å². The van der Waals surface area contributed by atoms with E-state index in [0.717, 1.165) is 12.8 Å². The number of nitrogens with zero attached hydrogens (tertiary/aromatic N) is 1. The molecule has 6 nitrogen and oxygen atoms in total. The molecule has 1 N–H and O–H groups in total. The van der Waals surface area contributed by atoms with Crippen LogP contribution >= 0.6 is 0 Å². The molecule has 0 aliphatic heterocycles. The third-order valence-electron chi connectivity index (χ3n) is 3.20. The highest BCUT2D eigenvalue weighted by molar-refractivity contribution is 5.90. The van der Waals surface area contributed by atoms with Crippen molar-refractivity contribution in [2.75, 3.05) is 0 Å². The number of aryl methyl sites for hydroxylation is 1. The summed E-state index contributed by atoms with van der Waals surface area (Å²) in [7, 11) is 0. The van der Waals surface area contributed by atoms with Gasteiger partial charge in [0.2, 0.25) is 5.43 Å². The van der Waals surface area contributed by atoms with E-state index < -0.39 is 5.97 Å². The van der Waals surface area contributed by atoms with Crippen LogP contribution in [0.15, 0.2) is 27.6 Å². The first-order chi connectivity index (χ1) is 9.65. The van der Waals surface area contributed by atoms with Gasteiger partial charge in [-0.2, -0.15) is 5.10 Å². The lowest BCUT2D eigenvalue weighted by Gasteiger charge is -2.04. The normalized spacial score (nSPS) is 14.2. The molecule has 0 unspecified atom stereocenters. The first kappa shape index (κ1) is 12.7. The second-order valence-corrected chi connectivity index (χ2v) is 4.91. The highest BCUT2D eigenvalue weighted by Gasteiger charge is 2.31. The SMILES string of the molecule is Cc1cc(=O)c(COC(=O)c2ccoc2C2CC2)n[nH]1. The lowest BCUT2D eigenvalue weighted by molar-refractivity contribution is 0.0463. The van der Waals surface area contributed by atoms with Crippen molar-refractivity contribution in [3.05, 3.63) is 51.3 Å². The van der Waals surface area contributed by atoms with Crippen LogP contribution in [0.1, 0.15) is 46.3 Å². The fraction of sp³-hybridized carbons (Fsp3) is 0.357. The van der Waals surface area contributed by atoms with Crippen molar-refractivity contribution >= 4 is 5.97 Å². The van der Waals surface area contributed by atoms with Gasteiger partial charge >= 0.3 is 5.97 Å². The van der Waals surface area contributed by atoms with Gasteiger partial charge in [-0.25, -0.2) is 4.79 Å². The highest BCUT2D eigenvalue weighted by atomic mass is 16.5. The van der Waals surface area contributed by atoms with Crippen LogP contribution in [0.5, 0.6) is 0 Å². The predicted molar refractivity (Wildman–Crippen MR) is 69.4 cm³/mol. The summed E-state index contributed by atoms with van der Waals surface area (Å²) >= 11 is 0. The van der Waals surface area contributed by atoms with Crippen LogP contribution in [-0.4, -0.2) is 16.2 Å². The van der Waals surface area contributed by atoms with Gasteiger partial charge in [-0.05, 0) is 25.8 Å². The summed E-state index contributed by atoms with van der Waals surface area (Å²) in [5, 5.41) is 6.54. The maximum atomic E-state index is 12.0. The molecule has 2 heterocycles. The molecule has 0 bridgehead atoms. The number of aromatic nitrogens is 2. The quantitative estimate of drug-likeness (QED) is 0.861. The number of carbonyl (C=O) groups excluding carboxylic acids is 1. The van der Waals surface area contributed by atoms with Gasteiger partial charge in [0.25, 0.3) is 0 Å². The summed E-state index contributed by atoms with van der Waals surface area (Å²) in [5.74, 6) is 0.525. The van der Waals surface area contributed by atoms with Crippen molar-refractivity contribution in [3.8, 4) is 0 Å². The summed E-state index contributed by atoms with van der Waals surface area (Å²) in [6.45, 7) is 1.58. The fourth-order valence-corrected chi connectivity index (χ4v) is 1.99. The molecule has 3 rings (SSSR count). The van der Waals surface area contributed by atoms with Crippen LogP contribution in [0.25, 0.3) is 0 Å². The molecule has 0 aromatic carbocycles. The Morgan fingerprint density at radius 1 is 1.55 bits per heavy atom. The smallest absolute Gasteiger partial charge is 0.342 e. The van der Waals surface area contributed by atoms with E-state index in [0.29, 0.717) is 22.9 Å². The second-order valence-electron chi connectivity index (χ2n) is 4.91. The van der Waals surface area contributed by atoms with E-state index in [9.17, 15) is 9.59 Å². The van der Waals surface area contributed by atoms with Crippen molar-refractivity contribution in [2.45, 2.75) is 32.3 Å². The van der Waals surface area contributed by atoms with E-state index in [1.54, 1.807) is 13.0 Å². The van der Waals surface area contributed by atoms with E-state index in [1.807, 2.05) is 0 Å². The average molecular weight is 274 g/mol. The molecule has 1 aliphatic carbocycles. The molecule has 0 amide bonds. The zero-order valence-corrected chi connectivity index (χ0v) is 11.0. The minimum Gasteiger partial charge on any atom is -0.468 e. The van der Waals surface area contributed by atoms with Gasteiger partial charge in [-0.3, -0.25) is 9.89 Å². The van der Waals surface area contributed by atoms with Crippen LogP contribution in [0, 0.1) is 6.92 Å². The number of nitrogens with one attached hydrogen (secondary N) is 1. The molecular weight excluding hydrogens is 260 g/mol. The van der Waals surface area contributed by atoms with Crippen molar-refractivity contribution in [2.24, 2.45) is 0 Å². The van der Waals surface area contributed by atoms with Gasteiger partial charge in [-0.15, -0.1) is 0 Å². The van der Waals surface area contributed by atoms with Crippen molar-refractivity contribution in [1.82, 2.24) is 10.2 Å². The molecular formula is C14H14N2O4. The number of rotatable bonds is 4. The first-order valence-electron chi connectivity index (χ1n) is 6.45. The van der Waals surface area contributed by atoms with E-state index in [2.05, 4.69) is 10.2 Å². The molecule has 1 aliphatic rings. The first-order valence-corrected chi connectivity index (χ1v) is 6.45. The summed E-state index contributed by atoms with van der Waals surface area (Å²) in [5.41, 5.74) is 1.04. The van der Waals surface area contributed by atoms with Gasteiger partial charge in [0.05, 0.1) is 6.26 Å². The number of carbonyl (C=O) groups is 1. The molecule has 0 atom stereocenters. The highest BCUT2D eigenvalue weighted by Crippen LogP contribution is 2.42. The van der Waals surface area contributed by atoms with E-state index in [1.165, 1.54) is 12.3 Å². The molecule has 0 radical (unpaired) electrons. The van der Waals surface area contributed by atoms with Crippen molar-refractivity contribution < 1.29 is 13.9 Å². The third kappa shape index (κ3) is 2.49. The van der Waals surface area contributed by atoms with E-state index in [4.69, 9.17) is 9.15 Å². The van der Waals surface area contributed by atoms with Gasteiger partial charge in [0.1, 0.15) is 23.6 Å². The van der Waals surface area contributed by atoms with Crippen LogP contribution in [0.4, 0.5) is 0 Å². The Balaban J connectivity index is 1.70. The number of H-pyrrole nitrogens is 1. The number of hydrogen-bond acceptors (Lipinski definition) is 5. The number of aromatic amines is 1. The monoisotopic (exact) mass is 274 g/mol. The molecule has 0 spiro atoms. The number of esters is 1. The fourth-order valence-electron chi connectivity index (χ4n) is 1.99. The van der Waals surface area contributed by atoms with E-state index >= 15 is 0 Å². The van der Waals surface area contributed by atoms with Gasteiger partial charge < -0.3 is 9.15 Å². The Morgan fingerprint density at radius 3 is 3.05 bits per heavy atom. The Kier molecular flexibility index (Phi) is 3.14. The van der Waals surface area contributed by atoms with Crippen LogP contribution in [-0.2, 0) is 11.3 Å². The van der Waals surface area contributed by atoms with Gasteiger partial charge in [0, 0.05) is 17.7 Å². The molecule has 104 valence electrons. The Hall–Kier alpha value is -2.37. The lowest BCUT2D eigenvalue weighted by Crippen LogP contribution is -2.16. The van der Waals surface area contributed by atoms with E-state index in [-0.39, 0.29) is 17.7 Å². The Morgan fingerprint density at radius 2 is 2.35 bits per heavy atom. The largest absolute Gasteiger partial charge is 0.468 e. The van der Waals surface area contributed by atoms with Crippen LogP contribution in [0.2, 0.25) is 0 Å². The predicted octanol–water partition coefficient (Wildman–Crippen LogP) is 1.91. The second kappa shape index (κ2) is 4.96. The number of ether oxygens (including phenoxy) is 1. The zero-order valence-electron chi connectivity index (χ0n) is 11.0.